The third kappa shape index (κ3) is 5.25. The number of ether oxygens (including phenoxy) is 2. The topological polar surface area (TPSA) is 128 Å². The van der Waals surface area contributed by atoms with Gasteiger partial charge in [0.05, 0.1) is 18.3 Å². The van der Waals surface area contributed by atoms with E-state index in [9.17, 15) is 9.90 Å². The summed E-state index contributed by atoms with van der Waals surface area (Å²) < 4.78 is 13.6. The molecule has 1 amide bonds. The third-order valence-corrected chi connectivity index (χ3v) is 6.31. The van der Waals surface area contributed by atoms with E-state index in [0.29, 0.717) is 42.2 Å². The van der Waals surface area contributed by atoms with Gasteiger partial charge in [0.15, 0.2) is 5.82 Å². The number of hydrogen-bond donors (Lipinski definition) is 2. The fraction of sp³-hybridized carbons (Fsp3) is 0.346. The Bertz CT molecular complexity index is 1410. The van der Waals surface area contributed by atoms with Crippen LogP contribution in [0.5, 0.6) is 17.4 Å². The molecule has 1 aliphatic rings. The molecule has 11 nitrogen and oxygen atoms in total. The molecule has 4 heterocycles. The van der Waals surface area contributed by atoms with Crippen LogP contribution in [0.4, 0.5) is 16.4 Å². The highest BCUT2D eigenvalue weighted by Gasteiger charge is 2.48. The summed E-state index contributed by atoms with van der Waals surface area (Å²) in [5.41, 5.74) is 0.599. The molecular formula is C26H29N7O4. The van der Waals surface area contributed by atoms with Crippen molar-refractivity contribution in [3.8, 4) is 17.4 Å². The number of likely N-dealkylation sites (tertiary alicyclic amines) is 1. The summed E-state index contributed by atoms with van der Waals surface area (Å²) in [4.78, 5) is 26.0. The van der Waals surface area contributed by atoms with Crippen LogP contribution in [0.1, 0.15) is 20.8 Å². The number of nitrogens with zero attached hydrogens (tertiary/aromatic N) is 6. The van der Waals surface area contributed by atoms with Crippen LogP contribution in [-0.2, 0) is 7.05 Å². The highest BCUT2D eigenvalue weighted by molar-refractivity contribution is 5.91. The van der Waals surface area contributed by atoms with E-state index in [4.69, 9.17) is 9.47 Å². The number of fused-ring (bicyclic) bond motifs is 1. The molecule has 1 fully saturated rings. The molecule has 37 heavy (non-hydrogen) atoms. The molecule has 0 bridgehead atoms. The van der Waals surface area contributed by atoms with Gasteiger partial charge in [-0.1, -0.05) is 20.8 Å². The third-order valence-electron chi connectivity index (χ3n) is 6.31. The molecule has 2 unspecified atom stereocenters. The standard InChI is InChI=1S/C26H29N7O4/c1-26(2,3)23-16(13-33(23)25(34)35)14-36-18-6-8-22(27-12-18)37-17-5-7-20-19(11-17)24(29-15-28-20)30-21-9-10-32(4)31-21/h5-12,15-16,23H,13-14H2,1-4H3,(H,34,35)(H,28,29,30,31). The highest BCUT2D eigenvalue weighted by atomic mass is 16.5. The molecule has 192 valence electrons. The maximum absolute atomic E-state index is 11.5. The SMILES string of the molecule is Cn1ccc(Nc2ncnc3ccc(Oc4ccc(OCC5CN(C(=O)O)C5C(C)(C)C)cn4)cc23)n1. The van der Waals surface area contributed by atoms with Crippen LogP contribution in [0.15, 0.2) is 55.1 Å². The number of rotatable bonds is 7. The van der Waals surface area contributed by atoms with Crippen molar-refractivity contribution in [3.63, 3.8) is 0 Å². The summed E-state index contributed by atoms with van der Waals surface area (Å²) in [6.45, 7) is 7.02. The van der Waals surface area contributed by atoms with Crippen LogP contribution in [0.3, 0.4) is 0 Å². The molecule has 0 radical (unpaired) electrons. The van der Waals surface area contributed by atoms with Crippen LogP contribution in [-0.4, -0.2) is 60.0 Å². The minimum absolute atomic E-state index is 0.0884. The minimum atomic E-state index is -0.890. The largest absolute Gasteiger partial charge is 0.492 e. The number of anilines is 2. The van der Waals surface area contributed by atoms with Gasteiger partial charge in [-0.25, -0.2) is 19.7 Å². The first-order valence-electron chi connectivity index (χ1n) is 11.9. The smallest absolute Gasteiger partial charge is 0.407 e. The number of nitrogens with one attached hydrogen (secondary N) is 1. The Morgan fingerprint density at radius 1 is 1.14 bits per heavy atom. The normalized spacial score (nSPS) is 17.4. The summed E-state index contributed by atoms with van der Waals surface area (Å²) in [5, 5.41) is 17.7. The van der Waals surface area contributed by atoms with Gasteiger partial charge < -0.3 is 24.8 Å². The van der Waals surface area contributed by atoms with E-state index >= 15 is 0 Å². The van der Waals surface area contributed by atoms with Crippen molar-refractivity contribution in [3.05, 3.63) is 55.1 Å². The van der Waals surface area contributed by atoms with Gasteiger partial charge in [-0.15, -0.1) is 0 Å². The van der Waals surface area contributed by atoms with Crippen molar-refractivity contribution in [2.24, 2.45) is 18.4 Å². The average Bonchev–Trinajstić information content (AvgIpc) is 3.23. The fourth-order valence-electron chi connectivity index (χ4n) is 4.74. The molecule has 2 atom stereocenters. The molecule has 4 aromatic rings. The van der Waals surface area contributed by atoms with Crippen LogP contribution < -0.4 is 14.8 Å². The van der Waals surface area contributed by atoms with Gasteiger partial charge >= 0.3 is 6.09 Å². The van der Waals surface area contributed by atoms with Gasteiger partial charge in [-0.05, 0) is 29.7 Å². The van der Waals surface area contributed by atoms with Crippen molar-refractivity contribution in [1.82, 2.24) is 29.6 Å². The Balaban J connectivity index is 1.24. The summed E-state index contributed by atoms with van der Waals surface area (Å²) in [7, 11) is 1.85. The first kappa shape index (κ1) is 24.3. The maximum atomic E-state index is 11.5. The monoisotopic (exact) mass is 503 g/mol. The lowest BCUT2D eigenvalue weighted by atomic mass is 9.72. The fourth-order valence-corrected chi connectivity index (χ4v) is 4.74. The van der Waals surface area contributed by atoms with Gasteiger partial charge in [0.25, 0.3) is 0 Å². The number of carbonyl (C=O) groups is 1. The second-order valence-corrected chi connectivity index (χ2v) is 10.2. The van der Waals surface area contributed by atoms with E-state index in [-0.39, 0.29) is 17.4 Å². The Kier molecular flexibility index (Phi) is 6.28. The highest BCUT2D eigenvalue weighted by Crippen LogP contribution is 2.38. The molecule has 1 saturated heterocycles. The molecule has 0 saturated carbocycles. The van der Waals surface area contributed by atoms with Crippen LogP contribution in [0, 0.1) is 11.3 Å². The number of aromatic nitrogens is 5. The van der Waals surface area contributed by atoms with E-state index < -0.39 is 6.09 Å². The van der Waals surface area contributed by atoms with Crippen molar-refractivity contribution < 1.29 is 19.4 Å². The lowest BCUT2D eigenvalue weighted by Gasteiger charge is -2.52. The Labute approximate surface area is 214 Å². The molecule has 3 aromatic heterocycles. The quantitative estimate of drug-likeness (QED) is 0.369. The van der Waals surface area contributed by atoms with Crippen LogP contribution >= 0.6 is 0 Å². The van der Waals surface area contributed by atoms with Crippen molar-refractivity contribution in [1.29, 1.82) is 0 Å². The summed E-state index contributed by atoms with van der Waals surface area (Å²) >= 11 is 0. The number of benzene rings is 1. The number of carboxylic acid groups (broad SMARTS) is 1. The molecule has 0 spiro atoms. The summed E-state index contributed by atoms with van der Waals surface area (Å²) in [6.07, 6.45) is 4.06. The average molecular weight is 504 g/mol. The van der Waals surface area contributed by atoms with E-state index in [1.54, 1.807) is 23.0 Å². The lowest BCUT2D eigenvalue weighted by molar-refractivity contribution is -0.0512. The van der Waals surface area contributed by atoms with E-state index in [0.717, 1.165) is 10.9 Å². The molecule has 11 heteroatoms. The first-order chi connectivity index (χ1) is 17.7. The van der Waals surface area contributed by atoms with Gasteiger partial charge in [0.2, 0.25) is 5.88 Å². The zero-order valence-electron chi connectivity index (χ0n) is 21.1. The number of hydrogen-bond acceptors (Lipinski definition) is 8. The van der Waals surface area contributed by atoms with Crippen molar-refractivity contribution >= 4 is 28.6 Å². The Hall–Kier alpha value is -4.41. The van der Waals surface area contributed by atoms with Gasteiger partial charge in [-0.3, -0.25) is 4.68 Å². The zero-order chi connectivity index (χ0) is 26.2. The molecule has 2 N–H and O–H groups in total. The van der Waals surface area contributed by atoms with Crippen molar-refractivity contribution in [2.75, 3.05) is 18.5 Å². The zero-order valence-corrected chi connectivity index (χ0v) is 21.1. The van der Waals surface area contributed by atoms with Crippen LogP contribution in [0.2, 0.25) is 0 Å². The predicted octanol–water partition coefficient (Wildman–Crippen LogP) is 4.70. The maximum Gasteiger partial charge on any atom is 0.407 e. The first-order valence-corrected chi connectivity index (χ1v) is 11.9. The van der Waals surface area contributed by atoms with Gasteiger partial charge in [0, 0.05) is 49.3 Å². The second kappa shape index (κ2) is 9.57. The van der Waals surface area contributed by atoms with Crippen LogP contribution in [0.25, 0.3) is 10.9 Å². The van der Waals surface area contributed by atoms with E-state index in [2.05, 4.69) is 25.4 Å². The molecule has 0 aliphatic carbocycles. The van der Waals surface area contributed by atoms with Gasteiger partial charge in [-0.2, -0.15) is 5.10 Å². The molecule has 5 rings (SSSR count). The van der Waals surface area contributed by atoms with E-state index in [1.807, 2.05) is 58.3 Å². The summed E-state index contributed by atoms with van der Waals surface area (Å²) in [5.74, 6) is 3.03. The number of amides is 1. The number of pyridine rings is 1. The predicted molar refractivity (Wildman–Crippen MR) is 137 cm³/mol. The Morgan fingerprint density at radius 2 is 1.95 bits per heavy atom. The van der Waals surface area contributed by atoms with Crippen molar-refractivity contribution in [2.45, 2.75) is 26.8 Å². The van der Waals surface area contributed by atoms with E-state index in [1.165, 1.54) is 11.2 Å². The minimum Gasteiger partial charge on any atom is -0.492 e. The second-order valence-electron chi connectivity index (χ2n) is 10.2. The number of aryl methyl sites for hydroxylation is 1. The molecule has 1 aromatic carbocycles. The lowest BCUT2D eigenvalue weighted by Crippen LogP contribution is -2.64. The molecule has 1 aliphatic heterocycles. The summed E-state index contributed by atoms with van der Waals surface area (Å²) in [6, 6.07) is 10.8. The van der Waals surface area contributed by atoms with Gasteiger partial charge in [0.1, 0.15) is 23.6 Å². The Morgan fingerprint density at radius 3 is 2.62 bits per heavy atom. The molecular weight excluding hydrogens is 474 g/mol.